The van der Waals surface area contributed by atoms with Crippen LogP contribution in [0.1, 0.15) is 288 Å². The predicted octanol–water partition coefficient (Wildman–Crippen LogP) is 18.0. The summed E-state index contributed by atoms with van der Waals surface area (Å²) in [5, 5.41) is 0. The molecule has 299 valence electrons. The molecule has 1 heteroatoms. The van der Waals surface area contributed by atoms with Gasteiger partial charge in [-0.05, 0) is 50.3 Å². The molecule has 0 spiro atoms. The fourth-order valence-corrected chi connectivity index (χ4v) is 8.10. The maximum Gasteiger partial charge on any atom is 0.0409 e. The third-order valence-corrected chi connectivity index (χ3v) is 11.6. The molecule has 0 amide bonds. The molecule has 0 aliphatic rings. The van der Waals surface area contributed by atoms with Crippen molar-refractivity contribution in [2.45, 2.75) is 284 Å². The molecule has 0 atom stereocenters. The molecule has 0 saturated heterocycles. The second-order valence-electron chi connectivity index (χ2n) is 16.9. The Labute approximate surface area is 323 Å². The molecular weight excluding hydrogens is 615 g/mol. The van der Waals surface area contributed by atoms with Crippen molar-refractivity contribution in [2.24, 2.45) is 0 Å². The minimum absolute atomic E-state index is 1.13. The largest absolute Gasteiger partial charge is 0.258 e. The van der Waals surface area contributed by atoms with Gasteiger partial charge in [-0.15, -0.1) is 0 Å². The molecule has 0 bridgehead atoms. The molecule has 0 N–H and O–H groups in total. The number of aryl methyl sites for hydroxylation is 2. The first kappa shape index (κ1) is 48.2. The van der Waals surface area contributed by atoms with Crippen molar-refractivity contribution in [3.05, 3.63) is 36.0 Å². The molecule has 0 saturated carbocycles. The Hall–Kier alpha value is -0.850. The van der Waals surface area contributed by atoms with E-state index in [0.29, 0.717) is 0 Å². The SMILES string of the molecule is [CH2]c1cc(CCCCCCCCCCCCCCCCCCCCCC)nc(CCCCCCCCCCCCCCCCCCCCCC)c1. The van der Waals surface area contributed by atoms with E-state index in [-0.39, 0.29) is 0 Å². The lowest BCUT2D eigenvalue weighted by Crippen LogP contribution is -1.98. The standard InChI is InChI=1S/C50H94N/c1-4-6-8-10-12-14-16-18-20-22-24-26-28-30-32-34-36-38-40-42-44-49-46-48(3)47-50(51-49)45-43-41-39-37-35-33-31-29-27-25-23-21-19-17-15-13-11-9-7-5-2/h46-47H,3-45H2,1-2H3. The average molecular weight is 709 g/mol. The van der Waals surface area contributed by atoms with Crippen LogP contribution in [-0.2, 0) is 12.8 Å². The normalized spacial score (nSPS) is 11.6. The van der Waals surface area contributed by atoms with Gasteiger partial charge in [-0.1, -0.05) is 258 Å². The van der Waals surface area contributed by atoms with Gasteiger partial charge in [0.2, 0.25) is 0 Å². The van der Waals surface area contributed by atoms with Crippen molar-refractivity contribution in [3.8, 4) is 0 Å². The highest BCUT2D eigenvalue weighted by molar-refractivity contribution is 5.24. The number of aromatic nitrogens is 1. The molecule has 0 aromatic carbocycles. The quantitative estimate of drug-likeness (QED) is 0.0616. The topological polar surface area (TPSA) is 12.9 Å². The Morgan fingerprint density at radius 3 is 0.667 bits per heavy atom. The Kier molecular flexibility index (Phi) is 38.1. The monoisotopic (exact) mass is 709 g/mol. The third-order valence-electron chi connectivity index (χ3n) is 11.6. The van der Waals surface area contributed by atoms with Crippen LogP contribution in [0.2, 0.25) is 0 Å². The van der Waals surface area contributed by atoms with E-state index < -0.39 is 0 Å². The van der Waals surface area contributed by atoms with Crippen LogP contribution < -0.4 is 0 Å². The second-order valence-corrected chi connectivity index (χ2v) is 16.9. The van der Waals surface area contributed by atoms with Gasteiger partial charge in [0, 0.05) is 11.4 Å². The lowest BCUT2D eigenvalue weighted by Gasteiger charge is -2.08. The van der Waals surface area contributed by atoms with Gasteiger partial charge in [0.15, 0.2) is 0 Å². The first-order chi connectivity index (χ1) is 25.3. The Morgan fingerprint density at radius 1 is 0.294 bits per heavy atom. The summed E-state index contributed by atoms with van der Waals surface area (Å²) in [5.41, 5.74) is 3.73. The van der Waals surface area contributed by atoms with Gasteiger partial charge in [0.25, 0.3) is 0 Å². The molecule has 0 aliphatic carbocycles. The summed E-state index contributed by atoms with van der Waals surface area (Å²) in [7, 11) is 0. The molecule has 0 aliphatic heterocycles. The fourth-order valence-electron chi connectivity index (χ4n) is 8.10. The molecule has 1 rings (SSSR count). The zero-order valence-corrected chi connectivity index (χ0v) is 35.5. The summed E-state index contributed by atoms with van der Waals surface area (Å²) >= 11 is 0. The van der Waals surface area contributed by atoms with Gasteiger partial charge < -0.3 is 0 Å². The van der Waals surface area contributed by atoms with E-state index in [2.05, 4.69) is 32.9 Å². The highest BCUT2D eigenvalue weighted by atomic mass is 14.7. The summed E-state index contributed by atoms with van der Waals surface area (Å²) in [6.07, 6.45) is 59.9. The molecule has 1 aromatic heterocycles. The van der Waals surface area contributed by atoms with Crippen molar-refractivity contribution >= 4 is 0 Å². The first-order valence-electron chi connectivity index (χ1n) is 24.1. The lowest BCUT2D eigenvalue weighted by atomic mass is 10.0. The van der Waals surface area contributed by atoms with Crippen LogP contribution in [0.3, 0.4) is 0 Å². The van der Waals surface area contributed by atoms with Crippen LogP contribution >= 0.6 is 0 Å². The van der Waals surface area contributed by atoms with E-state index in [1.807, 2.05) is 0 Å². The summed E-state index contributed by atoms with van der Waals surface area (Å²) in [4.78, 5) is 5.03. The van der Waals surface area contributed by atoms with Crippen LogP contribution in [0.4, 0.5) is 0 Å². The highest BCUT2D eigenvalue weighted by Crippen LogP contribution is 2.18. The van der Waals surface area contributed by atoms with Gasteiger partial charge in [-0.3, -0.25) is 4.98 Å². The summed E-state index contributed by atoms with van der Waals surface area (Å²) in [6, 6.07) is 4.47. The molecular formula is C50H94N. The van der Waals surface area contributed by atoms with Crippen molar-refractivity contribution in [1.82, 2.24) is 4.98 Å². The lowest BCUT2D eigenvalue weighted by molar-refractivity contribution is 0.521. The number of pyridine rings is 1. The predicted molar refractivity (Wildman–Crippen MR) is 232 cm³/mol. The molecule has 1 aromatic rings. The molecule has 51 heavy (non-hydrogen) atoms. The Morgan fingerprint density at radius 2 is 0.471 bits per heavy atom. The number of nitrogens with zero attached hydrogens (tertiary/aromatic N) is 1. The van der Waals surface area contributed by atoms with Crippen LogP contribution in [0.25, 0.3) is 0 Å². The van der Waals surface area contributed by atoms with E-state index in [4.69, 9.17) is 4.98 Å². The molecule has 1 nitrogen and oxygen atoms in total. The molecule has 0 unspecified atom stereocenters. The summed E-state index contributed by atoms with van der Waals surface area (Å²) in [5.74, 6) is 0. The second kappa shape index (κ2) is 40.3. The average Bonchev–Trinajstić information content (AvgIpc) is 3.13. The van der Waals surface area contributed by atoms with E-state index in [0.717, 1.165) is 18.4 Å². The van der Waals surface area contributed by atoms with E-state index in [1.165, 1.54) is 268 Å². The Bertz CT molecular complexity index is 736. The number of hydrogen-bond donors (Lipinski definition) is 0. The van der Waals surface area contributed by atoms with Crippen LogP contribution in [-0.4, -0.2) is 4.98 Å². The van der Waals surface area contributed by atoms with Crippen LogP contribution in [0, 0.1) is 6.92 Å². The zero-order chi connectivity index (χ0) is 36.6. The van der Waals surface area contributed by atoms with Crippen molar-refractivity contribution in [3.63, 3.8) is 0 Å². The number of hydrogen-bond acceptors (Lipinski definition) is 1. The van der Waals surface area contributed by atoms with Gasteiger partial charge in [0.1, 0.15) is 0 Å². The third kappa shape index (κ3) is 35.9. The molecule has 1 radical (unpaired) electrons. The summed E-state index contributed by atoms with van der Waals surface area (Å²) < 4.78 is 0. The number of rotatable bonds is 42. The minimum atomic E-state index is 1.13. The minimum Gasteiger partial charge on any atom is -0.258 e. The summed E-state index contributed by atoms with van der Waals surface area (Å²) in [6.45, 7) is 8.89. The van der Waals surface area contributed by atoms with Crippen molar-refractivity contribution in [2.75, 3.05) is 0 Å². The first-order valence-corrected chi connectivity index (χ1v) is 24.1. The zero-order valence-electron chi connectivity index (χ0n) is 35.5. The van der Waals surface area contributed by atoms with Crippen molar-refractivity contribution in [1.29, 1.82) is 0 Å². The Balaban J connectivity index is 1.85. The van der Waals surface area contributed by atoms with E-state index >= 15 is 0 Å². The van der Waals surface area contributed by atoms with Crippen molar-refractivity contribution < 1.29 is 0 Å². The van der Waals surface area contributed by atoms with Gasteiger partial charge in [-0.2, -0.15) is 0 Å². The van der Waals surface area contributed by atoms with Crippen LogP contribution in [0.15, 0.2) is 12.1 Å². The van der Waals surface area contributed by atoms with Gasteiger partial charge in [0.05, 0.1) is 0 Å². The smallest absolute Gasteiger partial charge is 0.0409 e. The number of unbranched alkanes of at least 4 members (excludes halogenated alkanes) is 38. The maximum absolute atomic E-state index is 5.03. The maximum atomic E-state index is 5.03. The van der Waals surface area contributed by atoms with E-state index in [9.17, 15) is 0 Å². The molecule has 0 fully saturated rings. The van der Waals surface area contributed by atoms with Gasteiger partial charge in [-0.25, -0.2) is 0 Å². The molecule has 1 heterocycles. The fraction of sp³-hybridized carbons (Fsp3) is 0.880. The highest BCUT2D eigenvalue weighted by Gasteiger charge is 2.03. The van der Waals surface area contributed by atoms with Crippen LogP contribution in [0.5, 0.6) is 0 Å². The van der Waals surface area contributed by atoms with Gasteiger partial charge >= 0.3 is 0 Å². The van der Waals surface area contributed by atoms with E-state index in [1.54, 1.807) is 0 Å².